The molecule has 29 heavy (non-hydrogen) atoms. The highest BCUT2D eigenvalue weighted by Crippen LogP contribution is 2.44. The number of carbonyl (C=O) groups excluding carboxylic acids is 1. The summed E-state index contributed by atoms with van der Waals surface area (Å²) >= 11 is 0. The Bertz CT molecular complexity index is 1050. The molecule has 1 aromatic carbocycles. The molecule has 2 aromatic heterocycles. The van der Waals surface area contributed by atoms with Crippen LogP contribution in [0.3, 0.4) is 0 Å². The predicted octanol–water partition coefficient (Wildman–Crippen LogP) is 4.83. The van der Waals surface area contributed by atoms with E-state index < -0.39 is 0 Å². The fraction of sp³-hybridized carbons (Fsp3) is 0.318. The molecule has 2 atom stereocenters. The quantitative estimate of drug-likeness (QED) is 0.688. The van der Waals surface area contributed by atoms with Crippen molar-refractivity contribution >= 4 is 11.7 Å². The third-order valence-corrected chi connectivity index (χ3v) is 5.02. The summed E-state index contributed by atoms with van der Waals surface area (Å²) in [4.78, 5) is 16.0. The maximum atomic E-state index is 13.5. The van der Waals surface area contributed by atoms with Crippen molar-refractivity contribution in [2.75, 3.05) is 5.32 Å². The summed E-state index contributed by atoms with van der Waals surface area (Å²) < 4.78 is 21.5. The van der Waals surface area contributed by atoms with Gasteiger partial charge < -0.3 is 10.1 Å². The van der Waals surface area contributed by atoms with Crippen LogP contribution in [0.1, 0.15) is 39.7 Å². The van der Waals surface area contributed by atoms with Crippen molar-refractivity contribution in [2.45, 2.75) is 45.8 Å². The summed E-state index contributed by atoms with van der Waals surface area (Å²) in [5.74, 6) is 0.737. The Morgan fingerprint density at radius 3 is 2.72 bits per heavy atom. The van der Waals surface area contributed by atoms with Gasteiger partial charge in [-0.25, -0.2) is 14.1 Å². The van der Waals surface area contributed by atoms with Crippen LogP contribution in [-0.2, 0) is 4.79 Å². The third-order valence-electron chi connectivity index (χ3n) is 5.02. The van der Waals surface area contributed by atoms with E-state index in [4.69, 9.17) is 9.84 Å². The molecule has 3 aromatic rings. The summed E-state index contributed by atoms with van der Waals surface area (Å²) in [7, 11) is 0. The number of halogens is 1. The Kier molecular flexibility index (Phi) is 5.05. The minimum Gasteiger partial charge on any atom is -0.474 e. The number of carbonyl (C=O) groups is 1. The van der Waals surface area contributed by atoms with E-state index in [-0.39, 0.29) is 23.9 Å². The molecule has 3 heterocycles. The number of hydrogen-bond donors (Lipinski definition) is 1. The van der Waals surface area contributed by atoms with E-state index in [0.717, 1.165) is 23.1 Å². The molecule has 0 unspecified atom stereocenters. The lowest BCUT2D eigenvalue weighted by Crippen LogP contribution is -2.26. The van der Waals surface area contributed by atoms with Crippen molar-refractivity contribution in [3.8, 4) is 28.3 Å². The molecule has 7 heteroatoms. The van der Waals surface area contributed by atoms with Gasteiger partial charge in [-0.2, -0.15) is 5.10 Å². The highest BCUT2D eigenvalue weighted by molar-refractivity contribution is 5.91. The molecule has 4 rings (SSSR count). The first-order chi connectivity index (χ1) is 14.0. The van der Waals surface area contributed by atoms with E-state index in [0.29, 0.717) is 23.8 Å². The molecule has 0 saturated heterocycles. The maximum absolute atomic E-state index is 13.5. The average molecular weight is 394 g/mol. The maximum Gasteiger partial charge on any atom is 0.225 e. The number of nitrogens with zero attached hydrogens (tertiary/aromatic N) is 3. The van der Waals surface area contributed by atoms with Gasteiger partial charge in [-0.05, 0) is 55.8 Å². The highest BCUT2D eigenvalue weighted by atomic mass is 19.1. The molecule has 1 aliphatic rings. The lowest BCUT2D eigenvalue weighted by molar-refractivity contribution is -0.115. The monoisotopic (exact) mass is 394 g/mol. The molecule has 0 radical (unpaired) electrons. The van der Waals surface area contributed by atoms with Crippen molar-refractivity contribution < 1.29 is 13.9 Å². The Morgan fingerprint density at radius 2 is 2.00 bits per heavy atom. The van der Waals surface area contributed by atoms with Crippen LogP contribution >= 0.6 is 0 Å². The zero-order valence-corrected chi connectivity index (χ0v) is 16.6. The highest BCUT2D eigenvalue weighted by Gasteiger charge is 2.30. The van der Waals surface area contributed by atoms with Gasteiger partial charge in [0.05, 0.1) is 17.7 Å². The van der Waals surface area contributed by atoms with Crippen LogP contribution in [0, 0.1) is 5.82 Å². The van der Waals surface area contributed by atoms with Crippen LogP contribution in [0.15, 0.2) is 42.6 Å². The molecule has 6 nitrogen and oxygen atoms in total. The lowest BCUT2D eigenvalue weighted by Gasteiger charge is -2.27. The molecular weight excluding hydrogens is 371 g/mol. The van der Waals surface area contributed by atoms with Crippen LogP contribution in [0.4, 0.5) is 10.2 Å². The van der Waals surface area contributed by atoms with Crippen molar-refractivity contribution in [1.29, 1.82) is 0 Å². The summed E-state index contributed by atoms with van der Waals surface area (Å²) in [6.07, 6.45) is 2.92. The number of anilines is 1. The second-order valence-electron chi connectivity index (χ2n) is 7.32. The van der Waals surface area contributed by atoms with E-state index in [1.165, 1.54) is 12.1 Å². The minimum absolute atomic E-state index is 0.0510. The second kappa shape index (κ2) is 7.66. The van der Waals surface area contributed by atoms with Crippen LogP contribution in [0.2, 0.25) is 0 Å². The van der Waals surface area contributed by atoms with Gasteiger partial charge in [-0.15, -0.1) is 0 Å². The average Bonchev–Trinajstić information content (AvgIpc) is 3.08. The van der Waals surface area contributed by atoms with Gasteiger partial charge in [0.25, 0.3) is 0 Å². The Labute approximate surface area is 168 Å². The molecule has 0 spiro atoms. The summed E-state index contributed by atoms with van der Waals surface area (Å²) in [5.41, 5.74) is 3.14. The number of aromatic nitrogens is 3. The van der Waals surface area contributed by atoms with Gasteiger partial charge in [-0.3, -0.25) is 4.79 Å². The van der Waals surface area contributed by atoms with Crippen LogP contribution in [-0.4, -0.2) is 26.8 Å². The van der Waals surface area contributed by atoms with E-state index in [9.17, 15) is 9.18 Å². The molecule has 1 amide bonds. The first-order valence-electron chi connectivity index (χ1n) is 9.77. The minimum atomic E-state index is -0.300. The molecule has 0 fully saturated rings. The number of hydrogen-bond acceptors (Lipinski definition) is 4. The van der Waals surface area contributed by atoms with Gasteiger partial charge in [0.1, 0.15) is 17.3 Å². The molecule has 0 aliphatic carbocycles. The van der Waals surface area contributed by atoms with Crippen LogP contribution < -0.4 is 10.1 Å². The molecule has 1 N–H and O–H groups in total. The van der Waals surface area contributed by atoms with Gasteiger partial charge in [0.15, 0.2) is 0 Å². The van der Waals surface area contributed by atoms with Gasteiger partial charge in [0, 0.05) is 24.6 Å². The fourth-order valence-corrected chi connectivity index (χ4v) is 3.61. The Balaban J connectivity index is 1.88. The zero-order chi connectivity index (χ0) is 20.5. The first-order valence-corrected chi connectivity index (χ1v) is 9.77. The zero-order valence-electron chi connectivity index (χ0n) is 16.6. The standard InChI is InChI=1S/C22H23FN4O2/c1-4-19(28)25-18-12-16(9-10-24-18)20-21(15-5-7-17(23)8-6-15)26-27-13(2)11-14(3)29-22(20)27/h5-10,12-14H,4,11H2,1-3H3,(H,24,25,28)/t13-,14-/m1/s1. The van der Waals surface area contributed by atoms with Gasteiger partial charge in [0.2, 0.25) is 11.8 Å². The molecule has 0 saturated carbocycles. The number of fused-ring (bicyclic) bond motifs is 1. The smallest absolute Gasteiger partial charge is 0.225 e. The van der Waals surface area contributed by atoms with Crippen LogP contribution in [0.5, 0.6) is 5.88 Å². The van der Waals surface area contributed by atoms with Crippen molar-refractivity contribution in [1.82, 2.24) is 14.8 Å². The number of amides is 1. The first kappa shape index (κ1) is 19.1. The third kappa shape index (κ3) is 3.72. The number of pyridine rings is 1. The fourth-order valence-electron chi connectivity index (χ4n) is 3.61. The number of rotatable bonds is 4. The summed E-state index contributed by atoms with van der Waals surface area (Å²) in [6.45, 7) is 5.93. The summed E-state index contributed by atoms with van der Waals surface area (Å²) in [6, 6.07) is 10.1. The van der Waals surface area contributed by atoms with Crippen molar-refractivity contribution in [2.24, 2.45) is 0 Å². The van der Waals surface area contributed by atoms with Crippen molar-refractivity contribution in [3.63, 3.8) is 0 Å². The summed E-state index contributed by atoms with van der Waals surface area (Å²) in [5, 5.41) is 7.60. The topological polar surface area (TPSA) is 69.0 Å². The molecular formula is C22H23FN4O2. The molecule has 150 valence electrons. The van der Waals surface area contributed by atoms with E-state index in [2.05, 4.69) is 17.2 Å². The van der Waals surface area contributed by atoms with E-state index in [1.54, 1.807) is 25.3 Å². The van der Waals surface area contributed by atoms with E-state index >= 15 is 0 Å². The van der Waals surface area contributed by atoms with E-state index in [1.807, 2.05) is 23.7 Å². The Morgan fingerprint density at radius 1 is 1.24 bits per heavy atom. The largest absolute Gasteiger partial charge is 0.474 e. The number of benzene rings is 1. The Hall–Kier alpha value is -3.22. The van der Waals surface area contributed by atoms with Gasteiger partial charge in [-0.1, -0.05) is 6.92 Å². The lowest BCUT2D eigenvalue weighted by atomic mass is 10.0. The number of nitrogens with one attached hydrogen (secondary N) is 1. The normalized spacial score (nSPS) is 18.1. The van der Waals surface area contributed by atoms with Crippen LogP contribution in [0.25, 0.3) is 22.4 Å². The van der Waals surface area contributed by atoms with Gasteiger partial charge >= 0.3 is 0 Å². The second-order valence-corrected chi connectivity index (χ2v) is 7.32. The number of ether oxygens (including phenoxy) is 1. The van der Waals surface area contributed by atoms with Crippen molar-refractivity contribution in [3.05, 3.63) is 48.4 Å². The predicted molar refractivity (Wildman–Crippen MR) is 109 cm³/mol. The molecule has 0 bridgehead atoms. The SMILES string of the molecule is CCC(=O)Nc1cc(-c2c(-c3ccc(F)cc3)nn3c2O[C@H](C)C[C@H]3C)ccn1. The molecule has 1 aliphatic heterocycles.